The van der Waals surface area contributed by atoms with Crippen LogP contribution >= 0.6 is 12.4 Å². The Morgan fingerprint density at radius 2 is 1.65 bits per heavy atom. The molecule has 1 aliphatic rings. The van der Waals surface area contributed by atoms with Crippen molar-refractivity contribution in [2.75, 3.05) is 11.4 Å². The van der Waals surface area contributed by atoms with Gasteiger partial charge >= 0.3 is 0 Å². The summed E-state index contributed by atoms with van der Waals surface area (Å²) in [6.07, 6.45) is 4.67. The third-order valence-electron chi connectivity index (χ3n) is 2.97. The Kier molecular flexibility index (Phi) is 3.59. The standard InChI is InChI=1S/C13H13N3.ClH/c1-2-5-12-10-16(9-6-11(12)4-1)13-14-7-3-8-15-13;/h1-5,7-8H,6,9-10H2;1H. The summed E-state index contributed by atoms with van der Waals surface area (Å²) in [6, 6.07) is 10.4. The smallest absolute Gasteiger partial charge is 0.225 e. The molecule has 3 rings (SSSR count). The molecule has 1 aliphatic heterocycles. The van der Waals surface area contributed by atoms with Gasteiger partial charge in [0.1, 0.15) is 0 Å². The molecule has 1 aromatic carbocycles. The molecule has 0 saturated carbocycles. The van der Waals surface area contributed by atoms with Gasteiger partial charge < -0.3 is 4.90 Å². The van der Waals surface area contributed by atoms with Crippen molar-refractivity contribution in [2.24, 2.45) is 0 Å². The van der Waals surface area contributed by atoms with E-state index in [2.05, 4.69) is 39.1 Å². The molecule has 1 aromatic heterocycles. The number of benzene rings is 1. The summed E-state index contributed by atoms with van der Waals surface area (Å²) >= 11 is 0. The highest BCUT2D eigenvalue weighted by Crippen LogP contribution is 2.20. The Labute approximate surface area is 107 Å². The number of fused-ring (bicyclic) bond motifs is 1. The molecule has 0 unspecified atom stereocenters. The maximum Gasteiger partial charge on any atom is 0.225 e. The van der Waals surface area contributed by atoms with E-state index in [0.29, 0.717) is 0 Å². The highest BCUT2D eigenvalue weighted by atomic mass is 35.5. The molecular weight excluding hydrogens is 234 g/mol. The molecule has 0 spiro atoms. The molecule has 2 aromatic rings. The minimum absolute atomic E-state index is 0. The van der Waals surface area contributed by atoms with Gasteiger partial charge in [-0.15, -0.1) is 12.4 Å². The number of rotatable bonds is 1. The molecular formula is C13H14ClN3. The first-order valence-corrected chi connectivity index (χ1v) is 5.52. The van der Waals surface area contributed by atoms with Crippen LogP contribution in [-0.2, 0) is 13.0 Å². The summed E-state index contributed by atoms with van der Waals surface area (Å²) in [5.74, 6) is 0.831. The van der Waals surface area contributed by atoms with Crippen LogP contribution in [0, 0.1) is 0 Å². The Bertz CT molecular complexity index is 487. The summed E-state index contributed by atoms with van der Waals surface area (Å²) in [5, 5.41) is 0. The number of halogens is 1. The van der Waals surface area contributed by atoms with Gasteiger partial charge in [0.25, 0.3) is 0 Å². The molecule has 0 radical (unpaired) electrons. The maximum absolute atomic E-state index is 4.29. The van der Waals surface area contributed by atoms with E-state index in [1.165, 1.54) is 11.1 Å². The predicted octanol–water partition coefficient (Wildman–Crippen LogP) is 2.46. The Hall–Kier alpha value is -1.61. The zero-order valence-electron chi connectivity index (χ0n) is 9.41. The molecule has 4 heteroatoms. The van der Waals surface area contributed by atoms with Crippen molar-refractivity contribution in [1.29, 1.82) is 0 Å². The van der Waals surface area contributed by atoms with Crippen LogP contribution < -0.4 is 4.90 Å². The quantitative estimate of drug-likeness (QED) is 0.775. The zero-order valence-corrected chi connectivity index (χ0v) is 10.2. The van der Waals surface area contributed by atoms with Gasteiger partial charge in [-0.1, -0.05) is 24.3 Å². The summed E-state index contributed by atoms with van der Waals surface area (Å²) in [7, 11) is 0. The monoisotopic (exact) mass is 247 g/mol. The Balaban J connectivity index is 0.00000108. The maximum atomic E-state index is 4.29. The largest absolute Gasteiger partial charge is 0.336 e. The van der Waals surface area contributed by atoms with Gasteiger partial charge in [0.2, 0.25) is 5.95 Å². The highest BCUT2D eigenvalue weighted by molar-refractivity contribution is 5.85. The lowest BCUT2D eigenvalue weighted by Gasteiger charge is -2.28. The van der Waals surface area contributed by atoms with E-state index in [1.807, 2.05) is 6.07 Å². The van der Waals surface area contributed by atoms with Crippen molar-refractivity contribution in [3.05, 3.63) is 53.9 Å². The van der Waals surface area contributed by atoms with Crippen molar-refractivity contribution < 1.29 is 0 Å². The van der Waals surface area contributed by atoms with Gasteiger partial charge in [-0.3, -0.25) is 0 Å². The van der Waals surface area contributed by atoms with Gasteiger partial charge in [-0.2, -0.15) is 0 Å². The van der Waals surface area contributed by atoms with Crippen molar-refractivity contribution in [3.8, 4) is 0 Å². The minimum Gasteiger partial charge on any atom is -0.336 e. The second-order valence-electron chi connectivity index (χ2n) is 3.99. The molecule has 17 heavy (non-hydrogen) atoms. The third kappa shape index (κ3) is 2.39. The van der Waals surface area contributed by atoms with E-state index in [9.17, 15) is 0 Å². The minimum atomic E-state index is 0. The molecule has 3 nitrogen and oxygen atoms in total. The molecule has 2 heterocycles. The summed E-state index contributed by atoms with van der Waals surface area (Å²) in [5.41, 5.74) is 2.84. The first-order chi connectivity index (χ1) is 7.93. The fourth-order valence-electron chi connectivity index (χ4n) is 2.12. The van der Waals surface area contributed by atoms with Crippen LogP contribution in [0.2, 0.25) is 0 Å². The first-order valence-electron chi connectivity index (χ1n) is 5.52. The van der Waals surface area contributed by atoms with Crippen molar-refractivity contribution in [3.63, 3.8) is 0 Å². The lowest BCUT2D eigenvalue weighted by Crippen LogP contribution is -2.31. The highest BCUT2D eigenvalue weighted by Gasteiger charge is 2.17. The van der Waals surface area contributed by atoms with Gasteiger partial charge in [0.15, 0.2) is 0 Å². The number of anilines is 1. The number of hydrogen-bond donors (Lipinski definition) is 0. The third-order valence-corrected chi connectivity index (χ3v) is 2.97. The molecule has 0 amide bonds. The van der Waals surface area contributed by atoms with E-state index in [0.717, 1.165) is 25.5 Å². The Morgan fingerprint density at radius 1 is 0.941 bits per heavy atom. The summed E-state index contributed by atoms with van der Waals surface area (Å²) < 4.78 is 0. The lowest BCUT2D eigenvalue weighted by molar-refractivity contribution is 0.707. The zero-order chi connectivity index (χ0) is 10.8. The van der Waals surface area contributed by atoms with Gasteiger partial charge in [0, 0.05) is 25.5 Å². The second-order valence-corrected chi connectivity index (χ2v) is 3.99. The van der Waals surface area contributed by atoms with E-state index >= 15 is 0 Å². The molecule has 0 saturated heterocycles. The van der Waals surface area contributed by atoms with Crippen LogP contribution in [0.25, 0.3) is 0 Å². The van der Waals surface area contributed by atoms with Crippen molar-refractivity contribution >= 4 is 18.4 Å². The fraction of sp³-hybridized carbons (Fsp3) is 0.231. The van der Waals surface area contributed by atoms with Crippen molar-refractivity contribution in [2.45, 2.75) is 13.0 Å². The van der Waals surface area contributed by atoms with E-state index < -0.39 is 0 Å². The van der Waals surface area contributed by atoms with E-state index in [1.54, 1.807) is 12.4 Å². The average molecular weight is 248 g/mol. The van der Waals surface area contributed by atoms with Crippen molar-refractivity contribution in [1.82, 2.24) is 9.97 Å². The van der Waals surface area contributed by atoms with Crippen LogP contribution in [0.15, 0.2) is 42.7 Å². The van der Waals surface area contributed by atoms with Crippen LogP contribution in [0.5, 0.6) is 0 Å². The molecule has 0 aliphatic carbocycles. The van der Waals surface area contributed by atoms with Gasteiger partial charge in [0.05, 0.1) is 0 Å². The summed E-state index contributed by atoms with van der Waals surface area (Å²) in [4.78, 5) is 10.8. The molecule has 0 atom stereocenters. The molecule has 0 N–H and O–H groups in total. The van der Waals surface area contributed by atoms with E-state index in [4.69, 9.17) is 0 Å². The fourth-order valence-corrected chi connectivity index (χ4v) is 2.12. The number of nitrogens with zero attached hydrogens (tertiary/aromatic N) is 3. The topological polar surface area (TPSA) is 29.0 Å². The lowest BCUT2D eigenvalue weighted by atomic mass is 10.0. The second kappa shape index (κ2) is 5.15. The van der Waals surface area contributed by atoms with Crippen LogP contribution in [0.1, 0.15) is 11.1 Å². The van der Waals surface area contributed by atoms with Crippen LogP contribution in [0.3, 0.4) is 0 Å². The van der Waals surface area contributed by atoms with Crippen LogP contribution in [-0.4, -0.2) is 16.5 Å². The van der Waals surface area contributed by atoms with Gasteiger partial charge in [-0.05, 0) is 23.6 Å². The van der Waals surface area contributed by atoms with Crippen LogP contribution in [0.4, 0.5) is 5.95 Å². The number of aromatic nitrogens is 2. The number of hydrogen-bond acceptors (Lipinski definition) is 3. The van der Waals surface area contributed by atoms with E-state index in [-0.39, 0.29) is 12.4 Å². The predicted molar refractivity (Wildman–Crippen MR) is 70.5 cm³/mol. The van der Waals surface area contributed by atoms with Gasteiger partial charge in [-0.25, -0.2) is 9.97 Å². The molecule has 88 valence electrons. The molecule has 0 fully saturated rings. The Morgan fingerprint density at radius 3 is 2.41 bits per heavy atom. The molecule has 0 bridgehead atoms. The first kappa shape index (κ1) is 11.9. The normalized spacial score (nSPS) is 13.8. The summed E-state index contributed by atoms with van der Waals surface area (Å²) in [6.45, 7) is 1.92. The average Bonchev–Trinajstić information content (AvgIpc) is 2.39. The SMILES string of the molecule is Cl.c1cnc(N2CCc3ccccc3C2)nc1.